The maximum absolute atomic E-state index is 11.9. The van der Waals surface area contributed by atoms with Crippen LogP contribution in [0.3, 0.4) is 0 Å². The average molecular weight is 296 g/mol. The number of carbonyl (C=O) groups excluding carboxylic acids is 2. The summed E-state index contributed by atoms with van der Waals surface area (Å²) in [5, 5.41) is 3.15. The van der Waals surface area contributed by atoms with E-state index in [9.17, 15) is 9.59 Å². The summed E-state index contributed by atoms with van der Waals surface area (Å²) >= 11 is 0. The minimum absolute atomic E-state index is 0.274. The van der Waals surface area contributed by atoms with E-state index < -0.39 is 0 Å². The number of fused-ring (bicyclic) bond motifs is 1. The minimum atomic E-state index is -0.294. The second-order valence-electron chi connectivity index (χ2n) is 5.21. The first-order chi connectivity index (χ1) is 10.6. The van der Waals surface area contributed by atoms with Gasteiger partial charge in [-0.25, -0.2) is 0 Å². The Kier molecular flexibility index (Phi) is 3.55. The molecule has 0 aliphatic carbocycles. The molecule has 2 aromatic carbocycles. The summed E-state index contributed by atoms with van der Waals surface area (Å²) in [5.74, 6) is -0.0168. The lowest BCUT2D eigenvalue weighted by molar-refractivity contribution is 0.0693. The molecule has 1 aliphatic heterocycles. The topological polar surface area (TPSA) is 58.6 Å². The van der Waals surface area contributed by atoms with E-state index in [1.807, 2.05) is 31.2 Å². The molecule has 3 rings (SSSR count). The Labute approximate surface area is 128 Å². The Hall–Kier alpha value is -2.82. The van der Waals surface area contributed by atoms with E-state index in [1.165, 1.54) is 7.05 Å². The van der Waals surface area contributed by atoms with Crippen LogP contribution in [0.25, 0.3) is 0 Å². The van der Waals surface area contributed by atoms with E-state index in [0.29, 0.717) is 16.9 Å². The molecule has 2 amide bonds. The predicted molar refractivity (Wildman–Crippen MR) is 83.2 cm³/mol. The van der Waals surface area contributed by atoms with Crippen molar-refractivity contribution in [2.75, 3.05) is 19.1 Å². The molecule has 0 saturated carbocycles. The van der Waals surface area contributed by atoms with Crippen molar-refractivity contribution in [3.8, 4) is 5.75 Å². The van der Waals surface area contributed by atoms with Crippen LogP contribution in [0.1, 0.15) is 26.3 Å². The van der Waals surface area contributed by atoms with Gasteiger partial charge in [-0.3, -0.25) is 14.5 Å². The molecule has 0 spiro atoms. The summed E-state index contributed by atoms with van der Waals surface area (Å²) in [5.41, 5.74) is 2.94. The highest BCUT2D eigenvalue weighted by molar-refractivity contribution is 6.21. The molecule has 1 aliphatic rings. The number of anilines is 1. The van der Waals surface area contributed by atoms with Crippen molar-refractivity contribution in [2.24, 2.45) is 0 Å². The number of ether oxygens (including phenoxy) is 1. The Morgan fingerprint density at radius 3 is 2.59 bits per heavy atom. The predicted octanol–water partition coefficient (Wildman–Crippen LogP) is 2.67. The summed E-state index contributed by atoms with van der Waals surface area (Å²) in [6.45, 7) is 2.30. The number of carbonyl (C=O) groups is 2. The lowest BCUT2D eigenvalue weighted by atomic mass is 10.1. The van der Waals surface area contributed by atoms with Crippen LogP contribution < -0.4 is 10.1 Å². The Morgan fingerprint density at radius 2 is 1.82 bits per heavy atom. The van der Waals surface area contributed by atoms with Gasteiger partial charge in [0, 0.05) is 12.7 Å². The average Bonchev–Trinajstić information content (AvgIpc) is 2.72. The quantitative estimate of drug-likeness (QED) is 0.696. The molecule has 22 heavy (non-hydrogen) atoms. The number of aryl methyl sites for hydroxylation is 1. The molecule has 2 aromatic rings. The number of nitrogens with zero attached hydrogens (tertiary/aromatic N) is 1. The monoisotopic (exact) mass is 296 g/mol. The maximum atomic E-state index is 11.9. The van der Waals surface area contributed by atoms with Crippen molar-refractivity contribution in [2.45, 2.75) is 6.92 Å². The molecule has 112 valence electrons. The molecule has 0 aromatic heterocycles. The molecule has 5 nitrogen and oxygen atoms in total. The highest BCUT2D eigenvalue weighted by Gasteiger charge is 2.32. The lowest BCUT2D eigenvalue weighted by Crippen LogP contribution is -2.24. The zero-order chi connectivity index (χ0) is 15.7. The molecule has 0 bridgehead atoms. The Bertz CT molecular complexity index is 755. The van der Waals surface area contributed by atoms with Crippen molar-refractivity contribution >= 4 is 17.5 Å². The SMILES string of the molecule is Cc1cccc(NCOc2ccc3c(c2)C(=O)N(C)C3=O)c1. The molecular formula is C17H16N2O3. The molecule has 0 atom stereocenters. The molecule has 5 heteroatoms. The van der Waals surface area contributed by atoms with Gasteiger partial charge in [0.2, 0.25) is 0 Å². The largest absolute Gasteiger partial charge is 0.473 e. The van der Waals surface area contributed by atoms with Crippen LogP contribution in [0.5, 0.6) is 5.75 Å². The number of hydrogen-bond acceptors (Lipinski definition) is 4. The third kappa shape index (κ3) is 2.53. The maximum Gasteiger partial charge on any atom is 0.261 e. The second kappa shape index (κ2) is 5.52. The van der Waals surface area contributed by atoms with Gasteiger partial charge in [-0.2, -0.15) is 0 Å². The van der Waals surface area contributed by atoms with Crippen LogP contribution in [-0.2, 0) is 0 Å². The number of rotatable bonds is 4. The fraction of sp³-hybridized carbons (Fsp3) is 0.176. The minimum Gasteiger partial charge on any atom is -0.473 e. The van der Waals surface area contributed by atoms with E-state index in [-0.39, 0.29) is 18.5 Å². The Balaban J connectivity index is 1.68. The highest BCUT2D eigenvalue weighted by Crippen LogP contribution is 2.25. The molecular weight excluding hydrogens is 280 g/mol. The number of nitrogens with one attached hydrogen (secondary N) is 1. The fourth-order valence-electron chi connectivity index (χ4n) is 2.39. The molecule has 0 fully saturated rings. The summed E-state index contributed by atoms with van der Waals surface area (Å²) in [6, 6.07) is 12.9. The van der Waals surface area contributed by atoms with Gasteiger partial charge in [-0.15, -0.1) is 0 Å². The second-order valence-corrected chi connectivity index (χ2v) is 5.21. The van der Waals surface area contributed by atoms with Gasteiger partial charge >= 0.3 is 0 Å². The summed E-state index contributed by atoms with van der Waals surface area (Å²) in [7, 11) is 1.48. The zero-order valence-corrected chi connectivity index (χ0v) is 12.4. The summed E-state index contributed by atoms with van der Waals surface area (Å²) in [4.78, 5) is 24.8. The highest BCUT2D eigenvalue weighted by atomic mass is 16.5. The van der Waals surface area contributed by atoms with Crippen LogP contribution in [0.4, 0.5) is 5.69 Å². The standard InChI is InChI=1S/C17H16N2O3/c1-11-4-3-5-12(8-11)18-10-22-13-6-7-14-15(9-13)17(21)19(2)16(14)20/h3-9,18H,10H2,1-2H3. The number of amides is 2. The van der Waals surface area contributed by atoms with Crippen molar-refractivity contribution in [1.29, 1.82) is 0 Å². The van der Waals surface area contributed by atoms with Crippen LogP contribution >= 0.6 is 0 Å². The van der Waals surface area contributed by atoms with E-state index >= 15 is 0 Å². The van der Waals surface area contributed by atoms with Gasteiger partial charge in [0.15, 0.2) is 6.73 Å². The molecule has 0 saturated heterocycles. The molecule has 0 radical (unpaired) electrons. The number of imide groups is 1. The van der Waals surface area contributed by atoms with Crippen molar-refractivity contribution in [3.05, 3.63) is 59.2 Å². The van der Waals surface area contributed by atoms with Crippen LogP contribution in [-0.4, -0.2) is 30.5 Å². The lowest BCUT2D eigenvalue weighted by Gasteiger charge is -2.10. The fourth-order valence-corrected chi connectivity index (χ4v) is 2.39. The van der Waals surface area contributed by atoms with E-state index in [4.69, 9.17) is 4.74 Å². The summed E-state index contributed by atoms with van der Waals surface area (Å²) in [6.07, 6.45) is 0. The first kappa shape index (κ1) is 14.1. The van der Waals surface area contributed by atoms with Crippen molar-refractivity contribution < 1.29 is 14.3 Å². The number of hydrogen-bond donors (Lipinski definition) is 1. The number of benzene rings is 2. The van der Waals surface area contributed by atoms with Crippen molar-refractivity contribution in [1.82, 2.24) is 4.90 Å². The van der Waals surface area contributed by atoms with E-state index in [0.717, 1.165) is 16.2 Å². The van der Waals surface area contributed by atoms with Gasteiger partial charge in [0.1, 0.15) is 5.75 Å². The summed E-state index contributed by atoms with van der Waals surface area (Å²) < 4.78 is 5.60. The zero-order valence-electron chi connectivity index (χ0n) is 12.4. The van der Waals surface area contributed by atoms with Crippen LogP contribution in [0.15, 0.2) is 42.5 Å². The van der Waals surface area contributed by atoms with Gasteiger partial charge in [0.25, 0.3) is 11.8 Å². The first-order valence-electron chi connectivity index (χ1n) is 6.96. The van der Waals surface area contributed by atoms with Gasteiger partial charge < -0.3 is 10.1 Å². The van der Waals surface area contributed by atoms with Crippen LogP contribution in [0, 0.1) is 6.92 Å². The normalized spacial score (nSPS) is 13.3. The smallest absolute Gasteiger partial charge is 0.261 e. The van der Waals surface area contributed by atoms with Crippen LogP contribution in [0.2, 0.25) is 0 Å². The van der Waals surface area contributed by atoms with Crippen molar-refractivity contribution in [3.63, 3.8) is 0 Å². The molecule has 1 heterocycles. The van der Waals surface area contributed by atoms with E-state index in [2.05, 4.69) is 5.32 Å². The third-order valence-electron chi connectivity index (χ3n) is 3.59. The first-order valence-corrected chi connectivity index (χ1v) is 6.96. The third-order valence-corrected chi connectivity index (χ3v) is 3.59. The van der Waals surface area contributed by atoms with E-state index in [1.54, 1.807) is 18.2 Å². The molecule has 1 N–H and O–H groups in total. The Morgan fingerprint density at radius 1 is 1.05 bits per heavy atom. The van der Waals surface area contributed by atoms with Gasteiger partial charge in [0.05, 0.1) is 11.1 Å². The molecule has 0 unspecified atom stereocenters. The van der Waals surface area contributed by atoms with Gasteiger partial charge in [-0.1, -0.05) is 12.1 Å². The van der Waals surface area contributed by atoms with Gasteiger partial charge in [-0.05, 0) is 42.8 Å².